The number of likely N-dealkylation sites (N-methyl/N-ethyl adjacent to an activating group) is 1. The number of amides is 1. The molecule has 0 aromatic heterocycles. The topological polar surface area (TPSA) is 23.6 Å². The van der Waals surface area contributed by atoms with E-state index < -0.39 is 0 Å². The molecule has 3 nitrogen and oxygen atoms in total. The van der Waals surface area contributed by atoms with Gasteiger partial charge in [-0.05, 0) is 27.4 Å². The van der Waals surface area contributed by atoms with Crippen molar-refractivity contribution in [2.45, 2.75) is 27.2 Å². The van der Waals surface area contributed by atoms with Crippen LogP contribution in [0.4, 0.5) is 0 Å². The van der Waals surface area contributed by atoms with Crippen molar-refractivity contribution in [2.75, 3.05) is 33.7 Å². The van der Waals surface area contributed by atoms with E-state index in [2.05, 4.69) is 13.0 Å². The maximum Gasteiger partial charge on any atom is 0.237 e. The number of hydrogen-bond acceptors (Lipinski definition) is 2. The predicted octanol–water partition coefficient (Wildman–Crippen LogP) is 1.75. The highest BCUT2D eigenvalue weighted by molar-refractivity contribution is 5.78. The van der Waals surface area contributed by atoms with Crippen molar-refractivity contribution in [1.82, 2.24) is 9.80 Å². The minimum Gasteiger partial charge on any atom is -0.338 e. The Hall–Kier alpha value is -0.830. The van der Waals surface area contributed by atoms with Crippen molar-refractivity contribution in [1.29, 1.82) is 0 Å². The van der Waals surface area contributed by atoms with E-state index in [4.69, 9.17) is 0 Å². The Morgan fingerprint density at radius 3 is 2.47 bits per heavy atom. The minimum absolute atomic E-state index is 0.230. The van der Waals surface area contributed by atoms with Crippen molar-refractivity contribution in [2.24, 2.45) is 0 Å². The van der Waals surface area contributed by atoms with E-state index in [9.17, 15) is 4.79 Å². The molecule has 15 heavy (non-hydrogen) atoms. The summed E-state index contributed by atoms with van der Waals surface area (Å²) in [5.74, 6) is 0.230. The molecule has 0 saturated heterocycles. The lowest BCUT2D eigenvalue weighted by Gasteiger charge is -2.26. The van der Waals surface area contributed by atoms with Crippen LogP contribution in [0.1, 0.15) is 27.2 Å². The Kier molecular flexibility index (Phi) is 7.05. The molecule has 0 spiro atoms. The largest absolute Gasteiger partial charge is 0.338 e. The van der Waals surface area contributed by atoms with Crippen LogP contribution in [-0.2, 0) is 4.79 Å². The summed E-state index contributed by atoms with van der Waals surface area (Å²) in [5, 5.41) is 0. The second-order valence-corrected chi connectivity index (χ2v) is 3.88. The number of carbonyl (C=O) groups excluding carboxylic acids is 1. The quantitative estimate of drug-likeness (QED) is 0.651. The monoisotopic (exact) mass is 212 g/mol. The molecule has 0 aromatic rings. The summed E-state index contributed by atoms with van der Waals surface area (Å²) in [6, 6.07) is 0. The van der Waals surface area contributed by atoms with Gasteiger partial charge in [0.25, 0.3) is 0 Å². The molecule has 1 heterocycles. The number of rotatable bonds is 2. The van der Waals surface area contributed by atoms with Crippen molar-refractivity contribution >= 4 is 5.91 Å². The summed E-state index contributed by atoms with van der Waals surface area (Å²) < 4.78 is 0. The molecule has 1 amide bonds. The van der Waals surface area contributed by atoms with E-state index in [-0.39, 0.29) is 5.91 Å². The van der Waals surface area contributed by atoms with Crippen LogP contribution >= 0.6 is 0 Å². The first-order valence-electron chi connectivity index (χ1n) is 5.67. The molecular formula is C12H24N2O. The lowest BCUT2D eigenvalue weighted by molar-refractivity contribution is -0.131. The standard InChI is InChI=1S/C10H18N2O.C2H6/c1-9-4-6-12(7-5-9)10(13)8-11(2)3;1-2/h4H,5-8H2,1-3H3;1-2H3. The van der Waals surface area contributed by atoms with Gasteiger partial charge in [0.2, 0.25) is 5.91 Å². The molecule has 0 aliphatic carbocycles. The van der Waals surface area contributed by atoms with E-state index in [0.29, 0.717) is 6.54 Å². The molecule has 3 heteroatoms. The molecular weight excluding hydrogens is 188 g/mol. The van der Waals surface area contributed by atoms with Gasteiger partial charge in [-0.25, -0.2) is 0 Å². The first kappa shape index (κ1) is 14.2. The molecule has 0 bridgehead atoms. The molecule has 1 aliphatic rings. The summed E-state index contributed by atoms with van der Waals surface area (Å²) in [6.45, 7) is 8.31. The fourth-order valence-electron chi connectivity index (χ4n) is 1.37. The van der Waals surface area contributed by atoms with Crippen molar-refractivity contribution in [3.05, 3.63) is 11.6 Å². The molecule has 0 aromatic carbocycles. The molecule has 0 N–H and O–H groups in total. The third-order valence-electron chi connectivity index (χ3n) is 2.24. The van der Waals surface area contributed by atoms with Gasteiger partial charge >= 0.3 is 0 Å². The van der Waals surface area contributed by atoms with Gasteiger partial charge < -0.3 is 9.80 Å². The Bertz CT molecular complexity index is 222. The second-order valence-electron chi connectivity index (χ2n) is 3.88. The van der Waals surface area contributed by atoms with E-state index in [1.165, 1.54) is 5.57 Å². The Morgan fingerprint density at radius 1 is 1.47 bits per heavy atom. The maximum atomic E-state index is 11.6. The van der Waals surface area contributed by atoms with E-state index in [1.807, 2.05) is 37.7 Å². The fourth-order valence-corrected chi connectivity index (χ4v) is 1.37. The number of nitrogens with zero attached hydrogens (tertiary/aromatic N) is 2. The molecule has 88 valence electrons. The van der Waals surface area contributed by atoms with Gasteiger partial charge in [0.1, 0.15) is 0 Å². The molecule has 0 atom stereocenters. The van der Waals surface area contributed by atoms with Crippen LogP contribution in [0.3, 0.4) is 0 Å². The van der Waals surface area contributed by atoms with Crippen LogP contribution in [0.5, 0.6) is 0 Å². The van der Waals surface area contributed by atoms with Gasteiger partial charge in [0, 0.05) is 13.1 Å². The molecule has 0 unspecified atom stereocenters. The summed E-state index contributed by atoms with van der Waals surface area (Å²) in [6.07, 6.45) is 3.16. The van der Waals surface area contributed by atoms with Crippen LogP contribution in [0.15, 0.2) is 11.6 Å². The van der Waals surface area contributed by atoms with Crippen molar-refractivity contribution < 1.29 is 4.79 Å². The average molecular weight is 212 g/mol. The highest BCUT2D eigenvalue weighted by atomic mass is 16.2. The normalized spacial score (nSPS) is 15.6. The van der Waals surface area contributed by atoms with E-state index in [1.54, 1.807) is 0 Å². The first-order chi connectivity index (χ1) is 7.09. The molecule has 0 fully saturated rings. The van der Waals surface area contributed by atoms with Crippen LogP contribution < -0.4 is 0 Å². The van der Waals surface area contributed by atoms with Crippen LogP contribution in [-0.4, -0.2) is 49.4 Å². The van der Waals surface area contributed by atoms with Gasteiger partial charge in [0.05, 0.1) is 6.54 Å². The van der Waals surface area contributed by atoms with Gasteiger partial charge in [-0.15, -0.1) is 0 Å². The third kappa shape index (κ3) is 5.57. The average Bonchev–Trinajstić information content (AvgIpc) is 2.20. The highest BCUT2D eigenvalue weighted by Crippen LogP contribution is 2.09. The molecule has 1 rings (SSSR count). The van der Waals surface area contributed by atoms with E-state index in [0.717, 1.165) is 19.5 Å². The fraction of sp³-hybridized carbons (Fsp3) is 0.750. The number of carbonyl (C=O) groups is 1. The molecule has 1 aliphatic heterocycles. The summed E-state index contributed by atoms with van der Waals surface area (Å²) in [5.41, 5.74) is 1.40. The first-order valence-corrected chi connectivity index (χ1v) is 5.67. The predicted molar refractivity (Wildman–Crippen MR) is 64.9 cm³/mol. The summed E-state index contributed by atoms with van der Waals surface area (Å²) in [7, 11) is 3.84. The zero-order valence-electron chi connectivity index (χ0n) is 10.7. The summed E-state index contributed by atoms with van der Waals surface area (Å²) in [4.78, 5) is 15.4. The van der Waals surface area contributed by atoms with Gasteiger partial charge in [-0.3, -0.25) is 4.79 Å². The van der Waals surface area contributed by atoms with Crippen LogP contribution in [0, 0.1) is 0 Å². The highest BCUT2D eigenvalue weighted by Gasteiger charge is 2.15. The SMILES string of the molecule is CC.CC1=CCN(C(=O)CN(C)C)CC1. The maximum absolute atomic E-state index is 11.6. The van der Waals surface area contributed by atoms with Gasteiger partial charge in [0.15, 0.2) is 0 Å². The second kappa shape index (κ2) is 7.46. The van der Waals surface area contributed by atoms with Crippen molar-refractivity contribution in [3.8, 4) is 0 Å². The zero-order valence-corrected chi connectivity index (χ0v) is 10.7. The van der Waals surface area contributed by atoms with Gasteiger partial charge in [-0.2, -0.15) is 0 Å². The lowest BCUT2D eigenvalue weighted by atomic mass is 10.1. The smallest absolute Gasteiger partial charge is 0.237 e. The van der Waals surface area contributed by atoms with E-state index >= 15 is 0 Å². The zero-order chi connectivity index (χ0) is 11.8. The molecule has 0 saturated carbocycles. The molecule has 0 radical (unpaired) electrons. The van der Waals surface area contributed by atoms with Crippen molar-refractivity contribution in [3.63, 3.8) is 0 Å². The lowest BCUT2D eigenvalue weighted by Crippen LogP contribution is -2.40. The Morgan fingerprint density at radius 2 is 2.07 bits per heavy atom. The van der Waals surface area contributed by atoms with Crippen LogP contribution in [0.2, 0.25) is 0 Å². The van der Waals surface area contributed by atoms with Gasteiger partial charge in [-0.1, -0.05) is 25.5 Å². The Labute approximate surface area is 93.7 Å². The van der Waals surface area contributed by atoms with Crippen LogP contribution in [0.25, 0.3) is 0 Å². The Balaban J connectivity index is 0.000000921. The summed E-state index contributed by atoms with van der Waals surface area (Å²) >= 11 is 0. The minimum atomic E-state index is 0.230. The third-order valence-corrected chi connectivity index (χ3v) is 2.24. The number of hydrogen-bond donors (Lipinski definition) is 0.